The summed E-state index contributed by atoms with van der Waals surface area (Å²) in [6.07, 6.45) is 5.59. The van der Waals surface area contributed by atoms with E-state index in [4.69, 9.17) is 4.74 Å². The molecule has 1 fully saturated rings. The number of ether oxygens (including phenoxy) is 1. The number of hydrogen-bond donors (Lipinski definition) is 1. The van der Waals surface area contributed by atoms with Crippen LogP contribution >= 0.6 is 0 Å². The number of hydrogen-bond acceptors (Lipinski definition) is 4. The number of rotatable bonds is 3. The molecule has 3 aliphatic rings. The van der Waals surface area contributed by atoms with E-state index < -0.39 is 0 Å². The first kappa shape index (κ1) is 18.9. The van der Waals surface area contributed by atoms with Crippen molar-refractivity contribution in [1.82, 2.24) is 15.3 Å². The van der Waals surface area contributed by atoms with Crippen LogP contribution in [0.3, 0.4) is 0 Å². The van der Waals surface area contributed by atoms with Crippen LogP contribution in [0.25, 0.3) is 16.5 Å². The first-order valence-corrected chi connectivity index (χ1v) is 11.5. The second kappa shape index (κ2) is 7.40. The molecule has 3 aliphatic heterocycles. The second-order valence-electron chi connectivity index (χ2n) is 9.00. The third kappa shape index (κ3) is 3.13. The van der Waals surface area contributed by atoms with Gasteiger partial charge in [0.2, 0.25) is 0 Å². The van der Waals surface area contributed by atoms with Gasteiger partial charge in [0.15, 0.2) is 5.72 Å². The Morgan fingerprint density at radius 2 is 1.74 bits per heavy atom. The molecule has 0 unspecified atom stereocenters. The minimum Gasteiger partial charge on any atom is -0.470 e. The summed E-state index contributed by atoms with van der Waals surface area (Å²) in [5.74, 6) is 1.03. The highest BCUT2D eigenvalue weighted by Crippen LogP contribution is 2.48. The van der Waals surface area contributed by atoms with Crippen LogP contribution in [0.4, 0.5) is 0 Å². The molecule has 3 heterocycles. The standard InChI is InChI=1S/C27H29N3O/c1-2-15-29-16-13-27(14-17-29)30-25(23-9-5-6-10-26(23)31-27)19-24(28-30)22-12-11-20-7-3-4-8-21(20)18-22/h3-12,18-19,25,28H,2,13-17H2,1H3/t25-/m1/s1. The monoisotopic (exact) mass is 411 g/mol. The van der Waals surface area contributed by atoms with Gasteiger partial charge in [-0.25, -0.2) is 0 Å². The molecule has 1 atom stereocenters. The molecule has 1 N–H and O–H groups in total. The van der Waals surface area contributed by atoms with Crippen molar-refractivity contribution < 1.29 is 4.74 Å². The number of fused-ring (bicyclic) bond motifs is 5. The predicted molar refractivity (Wildman–Crippen MR) is 125 cm³/mol. The van der Waals surface area contributed by atoms with Crippen molar-refractivity contribution in [3.05, 3.63) is 83.9 Å². The molecule has 0 aliphatic carbocycles. The Morgan fingerprint density at radius 1 is 0.968 bits per heavy atom. The average Bonchev–Trinajstić information content (AvgIpc) is 3.28. The van der Waals surface area contributed by atoms with Gasteiger partial charge in [-0.2, -0.15) is 5.01 Å². The molecule has 3 aromatic rings. The second-order valence-corrected chi connectivity index (χ2v) is 9.00. The van der Waals surface area contributed by atoms with Crippen molar-refractivity contribution in [1.29, 1.82) is 0 Å². The van der Waals surface area contributed by atoms with E-state index in [9.17, 15) is 0 Å². The first-order chi connectivity index (χ1) is 15.3. The Kier molecular flexibility index (Phi) is 4.51. The van der Waals surface area contributed by atoms with Gasteiger partial charge in [-0.15, -0.1) is 0 Å². The van der Waals surface area contributed by atoms with Crippen LogP contribution in [0.2, 0.25) is 0 Å². The van der Waals surface area contributed by atoms with E-state index in [1.165, 1.54) is 40.6 Å². The normalized spacial score (nSPS) is 22.5. The van der Waals surface area contributed by atoms with Gasteiger partial charge in [0.25, 0.3) is 0 Å². The molecule has 158 valence electrons. The van der Waals surface area contributed by atoms with Crippen LogP contribution < -0.4 is 10.2 Å². The number of hydrazine groups is 1. The fourth-order valence-corrected chi connectivity index (χ4v) is 5.43. The Bertz CT molecular complexity index is 1150. The van der Waals surface area contributed by atoms with Gasteiger partial charge in [-0.05, 0) is 47.5 Å². The zero-order chi connectivity index (χ0) is 20.8. The fourth-order valence-electron chi connectivity index (χ4n) is 5.43. The SMILES string of the molecule is CCCN1CCC2(CC1)Oc1ccccc1[C@H]1C=C(c3ccc4ccccc4c3)NN12. The van der Waals surface area contributed by atoms with Crippen molar-refractivity contribution in [2.24, 2.45) is 0 Å². The Hall–Kier alpha value is -2.82. The van der Waals surface area contributed by atoms with Crippen molar-refractivity contribution in [2.75, 3.05) is 19.6 Å². The van der Waals surface area contributed by atoms with Crippen molar-refractivity contribution in [2.45, 2.75) is 38.0 Å². The number of benzene rings is 3. The van der Waals surface area contributed by atoms with Gasteiger partial charge in [-0.3, -0.25) is 0 Å². The van der Waals surface area contributed by atoms with Crippen molar-refractivity contribution in [3.8, 4) is 5.75 Å². The maximum Gasteiger partial charge on any atom is 0.182 e. The smallest absolute Gasteiger partial charge is 0.182 e. The van der Waals surface area contributed by atoms with E-state index in [1.807, 2.05) is 0 Å². The van der Waals surface area contributed by atoms with Gasteiger partial charge < -0.3 is 15.1 Å². The van der Waals surface area contributed by atoms with Crippen molar-refractivity contribution >= 4 is 16.5 Å². The number of likely N-dealkylation sites (tertiary alicyclic amines) is 1. The summed E-state index contributed by atoms with van der Waals surface area (Å²) in [5, 5.41) is 4.94. The molecule has 4 nitrogen and oxygen atoms in total. The summed E-state index contributed by atoms with van der Waals surface area (Å²) >= 11 is 0. The van der Waals surface area contributed by atoms with Gasteiger partial charge in [-0.1, -0.05) is 61.5 Å². The van der Waals surface area contributed by atoms with Crippen LogP contribution in [0.1, 0.15) is 43.4 Å². The quantitative estimate of drug-likeness (QED) is 0.630. The Labute approximate surface area is 184 Å². The lowest BCUT2D eigenvalue weighted by Crippen LogP contribution is -2.63. The highest BCUT2D eigenvalue weighted by Gasteiger charge is 2.51. The lowest BCUT2D eigenvalue weighted by molar-refractivity contribution is -0.159. The molecule has 3 aromatic carbocycles. The number of nitrogens with zero attached hydrogens (tertiary/aromatic N) is 2. The van der Waals surface area contributed by atoms with E-state index in [-0.39, 0.29) is 11.8 Å². The number of nitrogens with one attached hydrogen (secondary N) is 1. The first-order valence-electron chi connectivity index (χ1n) is 11.5. The molecule has 0 amide bonds. The van der Waals surface area contributed by atoms with E-state index in [0.717, 1.165) is 31.7 Å². The van der Waals surface area contributed by atoms with E-state index >= 15 is 0 Å². The zero-order valence-corrected chi connectivity index (χ0v) is 18.1. The largest absolute Gasteiger partial charge is 0.470 e. The van der Waals surface area contributed by atoms with Crippen LogP contribution in [0, 0.1) is 0 Å². The molecule has 0 bridgehead atoms. The van der Waals surface area contributed by atoms with Gasteiger partial charge >= 0.3 is 0 Å². The van der Waals surface area contributed by atoms with Crippen LogP contribution in [-0.4, -0.2) is 35.3 Å². The summed E-state index contributed by atoms with van der Waals surface area (Å²) in [4.78, 5) is 2.57. The topological polar surface area (TPSA) is 27.7 Å². The molecular weight excluding hydrogens is 382 g/mol. The molecule has 0 aromatic heterocycles. The average molecular weight is 412 g/mol. The van der Waals surface area contributed by atoms with Gasteiger partial charge in [0.1, 0.15) is 5.75 Å². The van der Waals surface area contributed by atoms with E-state index in [2.05, 4.69) is 95.1 Å². The highest BCUT2D eigenvalue weighted by molar-refractivity contribution is 5.86. The summed E-state index contributed by atoms with van der Waals surface area (Å²) < 4.78 is 6.76. The lowest BCUT2D eigenvalue weighted by atomic mass is 9.92. The van der Waals surface area contributed by atoms with Crippen LogP contribution in [-0.2, 0) is 0 Å². The highest BCUT2D eigenvalue weighted by atomic mass is 16.5. The number of piperidine rings is 1. The maximum atomic E-state index is 6.76. The fraction of sp³-hybridized carbons (Fsp3) is 0.333. The Balaban J connectivity index is 1.37. The molecule has 0 radical (unpaired) electrons. The van der Waals surface area contributed by atoms with Crippen LogP contribution in [0.5, 0.6) is 5.75 Å². The third-order valence-electron chi connectivity index (χ3n) is 7.06. The Morgan fingerprint density at radius 3 is 2.58 bits per heavy atom. The summed E-state index contributed by atoms with van der Waals surface area (Å²) in [6.45, 7) is 5.58. The van der Waals surface area contributed by atoms with Gasteiger partial charge in [0.05, 0.1) is 11.7 Å². The maximum absolute atomic E-state index is 6.76. The molecular formula is C27H29N3O. The molecule has 1 spiro atoms. The summed E-state index contributed by atoms with van der Waals surface area (Å²) in [7, 11) is 0. The van der Waals surface area contributed by atoms with Crippen LogP contribution in [0.15, 0.2) is 72.8 Å². The third-order valence-corrected chi connectivity index (χ3v) is 7.06. The lowest BCUT2D eigenvalue weighted by Gasteiger charge is -2.51. The van der Waals surface area contributed by atoms with Crippen molar-refractivity contribution in [3.63, 3.8) is 0 Å². The summed E-state index contributed by atoms with van der Waals surface area (Å²) in [5.41, 5.74) is 7.11. The minimum atomic E-state index is -0.307. The zero-order valence-electron chi connectivity index (χ0n) is 18.1. The predicted octanol–water partition coefficient (Wildman–Crippen LogP) is 5.34. The van der Waals surface area contributed by atoms with E-state index in [1.54, 1.807) is 0 Å². The molecule has 0 saturated carbocycles. The van der Waals surface area contributed by atoms with E-state index in [0.29, 0.717) is 0 Å². The number of para-hydroxylation sites is 1. The van der Waals surface area contributed by atoms with Gasteiger partial charge in [0, 0.05) is 31.5 Å². The summed E-state index contributed by atoms with van der Waals surface area (Å²) in [6, 6.07) is 24.0. The molecule has 6 rings (SSSR count). The minimum absolute atomic E-state index is 0.184. The molecule has 1 saturated heterocycles. The molecule has 4 heteroatoms. The molecule has 31 heavy (non-hydrogen) atoms.